The SMILES string of the molecule is COc1ccc(C2(O)CN(c3c(C)n(C)n(-c4ccccc4)c3=O)C3=[N+]2CCC3)cc1.[Br-]. The fourth-order valence-electron chi connectivity index (χ4n) is 4.91. The standard InChI is InChI=1S/C24H27N4O3.BrH/c1-17-22(23(29)28(25(17)2)19-8-5-4-6-9-19)26-16-24(30,27-15-7-10-21(26)27)18-11-13-20(31-3)14-12-18;/h4-6,8-9,11-14,30H,7,10,15-16H2,1-3H3;1H/q+1;/p-1. The molecule has 2 aliphatic heterocycles. The van der Waals surface area contributed by atoms with Gasteiger partial charge in [-0.1, -0.05) is 18.2 Å². The molecule has 3 heterocycles. The third-order valence-electron chi connectivity index (χ3n) is 6.58. The van der Waals surface area contributed by atoms with E-state index in [4.69, 9.17) is 4.74 Å². The zero-order valence-electron chi connectivity index (χ0n) is 18.5. The Morgan fingerprint density at radius 1 is 1.09 bits per heavy atom. The lowest BCUT2D eigenvalue weighted by molar-refractivity contribution is -0.652. The number of hydrogen-bond acceptors (Lipinski definition) is 4. The van der Waals surface area contributed by atoms with Gasteiger partial charge < -0.3 is 26.8 Å². The van der Waals surface area contributed by atoms with Gasteiger partial charge in [-0.25, -0.2) is 14.2 Å². The van der Waals surface area contributed by atoms with Crippen LogP contribution in [0.5, 0.6) is 5.75 Å². The first-order valence-electron chi connectivity index (χ1n) is 10.6. The number of hydrogen-bond donors (Lipinski definition) is 1. The minimum atomic E-state index is -1.19. The zero-order valence-corrected chi connectivity index (χ0v) is 20.0. The van der Waals surface area contributed by atoms with Gasteiger partial charge in [0.1, 0.15) is 5.75 Å². The highest BCUT2D eigenvalue weighted by atomic mass is 79.9. The number of nitrogens with zero attached hydrogens (tertiary/aromatic N) is 4. The van der Waals surface area contributed by atoms with Crippen LogP contribution in [-0.4, -0.2) is 45.1 Å². The summed E-state index contributed by atoms with van der Waals surface area (Å²) in [5.74, 6) is 1.75. The van der Waals surface area contributed by atoms with Crippen LogP contribution in [0, 0.1) is 6.92 Å². The number of benzene rings is 2. The second-order valence-corrected chi connectivity index (χ2v) is 8.21. The summed E-state index contributed by atoms with van der Waals surface area (Å²) in [5.41, 5.74) is 1.84. The maximum absolute atomic E-state index is 13.6. The molecule has 1 N–H and O–H groups in total. The van der Waals surface area contributed by atoms with Gasteiger partial charge >= 0.3 is 5.56 Å². The van der Waals surface area contributed by atoms with Crippen LogP contribution in [-0.2, 0) is 12.8 Å². The molecule has 1 atom stereocenters. The lowest BCUT2D eigenvalue weighted by atomic mass is 10.0. The smallest absolute Gasteiger partial charge is 0.318 e. The molecular weight excluding hydrogens is 472 g/mol. The van der Waals surface area contributed by atoms with E-state index in [1.165, 1.54) is 0 Å². The predicted molar refractivity (Wildman–Crippen MR) is 119 cm³/mol. The topological polar surface area (TPSA) is 62.6 Å². The van der Waals surface area contributed by atoms with E-state index in [0.29, 0.717) is 12.2 Å². The first-order valence-corrected chi connectivity index (χ1v) is 10.6. The zero-order chi connectivity index (χ0) is 21.8. The van der Waals surface area contributed by atoms with Crippen LogP contribution < -0.4 is 32.2 Å². The summed E-state index contributed by atoms with van der Waals surface area (Å²) in [6.45, 7) is 3.03. The molecule has 0 saturated carbocycles. The molecule has 5 rings (SSSR count). The molecule has 3 aromatic rings. The Kier molecular flexibility index (Phi) is 5.77. The average Bonchev–Trinajstić information content (AvgIpc) is 3.44. The van der Waals surface area contributed by atoms with Gasteiger partial charge in [-0.2, -0.15) is 0 Å². The van der Waals surface area contributed by atoms with E-state index >= 15 is 0 Å². The van der Waals surface area contributed by atoms with Crippen molar-refractivity contribution in [2.45, 2.75) is 25.5 Å². The highest BCUT2D eigenvalue weighted by Crippen LogP contribution is 2.37. The van der Waals surface area contributed by atoms with Crippen molar-refractivity contribution in [3.8, 4) is 11.4 Å². The highest BCUT2D eigenvalue weighted by Gasteiger charge is 2.55. The Hall–Kier alpha value is -2.84. The van der Waals surface area contributed by atoms with Crippen molar-refractivity contribution in [3.05, 3.63) is 76.2 Å². The van der Waals surface area contributed by atoms with Crippen molar-refractivity contribution in [2.75, 3.05) is 25.1 Å². The molecule has 0 bridgehead atoms. The molecule has 1 unspecified atom stereocenters. The number of halogens is 1. The van der Waals surface area contributed by atoms with Gasteiger partial charge in [0, 0.05) is 12.6 Å². The Labute approximate surface area is 197 Å². The molecule has 0 radical (unpaired) electrons. The van der Waals surface area contributed by atoms with Gasteiger partial charge in [-0.3, -0.25) is 9.48 Å². The third-order valence-corrected chi connectivity index (χ3v) is 6.58. The molecule has 0 fully saturated rings. The largest absolute Gasteiger partial charge is 1.00 e. The van der Waals surface area contributed by atoms with Crippen LogP contribution >= 0.6 is 0 Å². The lowest BCUT2D eigenvalue weighted by Gasteiger charge is -2.23. The van der Waals surface area contributed by atoms with E-state index in [9.17, 15) is 9.90 Å². The number of anilines is 1. The van der Waals surface area contributed by atoms with Crippen molar-refractivity contribution >= 4 is 11.5 Å². The number of aliphatic hydroxyl groups is 1. The maximum Gasteiger partial charge on any atom is 0.318 e. The first-order chi connectivity index (χ1) is 15.0. The minimum absolute atomic E-state index is 0. The fraction of sp³-hybridized carbons (Fsp3) is 0.333. The van der Waals surface area contributed by atoms with Crippen molar-refractivity contribution < 1.29 is 31.4 Å². The number of methoxy groups -OCH3 is 1. The van der Waals surface area contributed by atoms with Gasteiger partial charge in [-0.05, 0) is 49.7 Å². The van der Waals surface area contributed by atoms with Crippen LogP contribution in [0.1, 0.15) is 24.1 Å². The van der Waals surface area contributed by atoms with Crippen molar-refractivity contribution in [2.24, 2.45) is 7.05 Å². The highest BCUT2D eigenvalue weighted by molar-refractivity contribution is 5.96. The molecule has 0 aliphatic carbocycles. The number of rotatable bonds is 4. The fourth-order valence-corrected chi connectivity index (χ4v) is 4.91. The summed E-state index contributed by atoms with van der Waals surface area (Å²) in [5, 5.41) is 11.8. The number of aromatic nitrogens is 2. The number of ether oxygens (including phenoxy) is 1. The van der Waals surface area contributed by atoms with Gasteiger partial charge in [-0.15, -0.1) is 0 Å². The molecule has 8 heteroatoms. The van der Waals surface area contributed by atoms with Crippen molar-refractivity contribution in [3.63, 3.8) is 0 Å². The van der Waals surface area contributed by atoms with E-state index in [1.807, 2.05) is 82.7 Å². The molecule has 168 valence electrons. The van der Waals surface area contributed by atoms with E-state index in [0.717, 1.165) is 47.9 Å². The monoisotopic (exact) mass is 498 g/mol. The van der Waals surface area contributed by atoms with E-state index in [-0.39, 0.29) is 22.5 Å². The van der Waals surface area contributed by atoms with Crippen LogP contribution in [0.4, 0.5) is 5.69 Å². The van der Waals surface area contributed by atoms with Gasteiger partial charge in [0.2, 0.25) is 5.69 Å². The average molecular weight is 499 g/mol. The van der Waals surface area contributed by atoms with Gasteiger partial charge in [0.05, 0.1) is 31.5 Å². The third kappa shape index (κ3) is 3.20. The van der Waals surface area contributed by atoms with Crippen molar-refractivity contribution in [1.29, 1.82) is 0 Å². The predicted octanol–water partition coefficient (Wildman–Crippen LogP) is -0.633. The molecular formula is C24H27BrN4O3. The van der Waals surface area contributed by atoms with Crippen LogP contribution in [0.2, 0.25) is 0 Å². The van der Waals surface area contributed by atoms with Crippen molar-refractivity contribution in [1.82, 2.24) is 9.36 Å². The molecule has 32 heavy (non-hydrogen) atoms. The molecule has 1 aromatic heterocycles. The Balaban J connectivity index is 0.00000245. The minimum Gasteiger partial charge on any atom is -1.00 e. The van der Waals surface area contributed by atoms with Crippen LogP contribution in [0.3, 0.4) is 0 Å². The number of para-hydroxylation sites is 1. The second-order valence-electron chi connectivity index (χ2n) is 8.21. The Morgan fingerprint density at radius 2 is 1.78 bits per heavy atom. The number of amidine groups is 1. The molecule has 0 amide bonds. The quantitative estimate of drug-likeness (QED) is 0.486. The van der Waals surface area contributed by atoms with Crippen LogP contribution in [0.25, 0.3) is 5.69 Å². The van der Waals surface area contributed by atoms with Gasteiger partial charge in [0.15, 0.2) is 6.54 Å². The van der Waals surface area contributed by atoms with E-state index < -0.39 is 5.72 Å². The van der Waals surface area contributed by atoms with E-state index in [1.54, 1.807) is 11.8 Å². The van der Waals surface area contributed by atoms with Crippen LogP contribution in [0.15, 0.2) is 59.4 Å². The lowest BCUT2D eigenvalue weighted by Crippen LogP contribution is -3.00. The molecule has 2 aromatic carbocycles. The van der Waals surface area contributed by atoms with Gasteiger partial charge in [0.25, 0.3) is 11.6 Å². The molecule has 7 nitrogen and oxygen atoms in total. The second kappa shape index (κ2) is 8.26. The Bertz CT molecular complexity index is 1230. The summed E-state index contributed by atoms with van der Waals surface area (Å²) < 4.78 is 10.9. The maximum atomic E-state index is 13.6. The van der Waals surface area contributed by atoms with E-state index in [2.05, 4.69) is 0 Å². The summed E-state index contributed by atoms with van der Waals surface area (Å²) >= 11 is 0. The summed E-state index contributed by atoms with van der Waals surface area (Å²) in [7, 11) is 3.53. The first kappa shape index (κ1) is 22.4. The molecule has 0 saturated heterocycles. The normalized spacial score (nSPS) is 19.8. The number of β-amino-alcohol motifs (C(OH)–C–C–N with tert-alkyl or cyclic N) is 1. The summed E-state index contributed by atoms with van der Waals surface area (Å²) in [4.78, 5) is 15.6. The molecule has 2 aliphatic rings. The molecule has 0 spiro atoms. The summed E-state index contributed by atoms with van der Waals surface area (Å²) in [6, 6.07) is 17.2. The Morgan fingerprint density at radius 3 is 2.44 bits per heavy atom. The summed E-state index contributed by atoms with van der Waals surface area (Å²) in [6.07, 6.45) is 1.78.